The van der Waals surface area contributed by atoms with Crippen LogP contribution in [0.3, 0.4) is 0 Å². The van der Waals surface area contributed by atoms with E-state index in [0.717, 1.165) is 0 Å². The molecule has 76 valence electrons. The zero-order valence-electron chi connectivity index (χ0n) is 7.55. The molecule has 5 heteroatoms. The summed E-state index contributed by atoms with van der Waals surface area (Å²) in [4.78, 5) is 10.7. The number of hydrogen-bond donors (Lipinski definition) is 2. The lowest BCUT2D eigenvalue weighted by atomic mass is 10.2. The minimum absolute atomic E-state index is 0.383. The number of hydrogen-bond acceptors (Lipinski definition) is 2. The predicted octanol–water partition coefficient (Wildman–Crippen LogP) is 1.87. The van der Waals surface area contributed by atoms with Crippen LogP contribution >= 0.6 is 15.9 Å². The summed E-state index contributed by atoms with van der Waals surface area (Å²) in [6.07, 6.45) is 0. The summed E-state index contributed by atoms with van der Waals surface area (Å²) in [5.74, 6) is -0.861. The van der Waals surface area contributed by atoms with Gasteiger partial charge < -0.3 is 11.1 Å². The Morgan fingerprint density at radius 3 is 2.79 bits per heavy atom. The highest BCUT2D eigenvalue weighted by Gasteiger charge is 2.08. The molecule has 0 heterocycles. The minimum atomic E-state index is -0.518. The van der Waals surface area contributed by atoms with Gasteiger partial charge in [0.1, 0.15) is 11.9 Å². The van der Waals surface area contributed by atoms with Crippen LogP contribution in [-0.2, 0) is 4.79 Å². The standard InChI is InChI=1S/C9H10BrFN2O/c1-5(9(12)14)13-6-2-3-7(10)8(11)4-6/h2-5,13H,1H3,(H2,12,14). The number of nitrogens with two attached hydrogens (primary N) is 1. The molecule has 0 aliphatic carbocycles. The van der Waals surface area contributed by atoms with Gasteiger partial charge in [-0.25, -0.2) is 4.39 Å². The molecule has 1 aromatic rings. The summed E-state index contributed by atoms with van der Waals surface area (Å²) in [7, 11) is 0. The van der Waals surface area contributed by atoms with Gasteiger partial charge in [-0.05, 0) is 41.1 Å². The van der Waals surface area contributed by atoms with Crippen molar-refractivity contribution in [2.24, 2.45) is 5.73 Å². The number of nitrogens with one attached hydrogen (secondary N) is 1. The molecule has 1 atom stereocenters. The molecule has 1 amide bonds. The van der Waals surface area contributed by atoms with Crippen molar-refractivity contribution in [2.75, 3.05) is 5.32 Å². The van der Waals surface area contributed by atoms with E-state index < -0.39 is 11.9 Å². The van der Waals surface area contributed by atoms with Crippen molar-refractivity contribution in [1.82, 2.24) is 0 Å². The average molecular weight is 261 g/mol. The quantitative estimate of drug-likeness (QED) is 0.872. The van der Waals surface area contributed by atoms with Crippen LogP contribution in [0.15, 0.2) is 22.7 Å². The van der Waals surface area contributed by atoms with E-state index >= 15 is 0 Å². The number of primary amides is 1. The first-order chi connectivity index (χ1) is 6.50. The molecule has 0 fully saturated rings. The normalized spacial score (nSPS) is 12.2. The number of carbonyl (C=O) groups is 1. The lowest BCUT2D eigenvalue weighted by Gasteiger charge is -2.11. The van der Waals surface area contributed by atoms with Crippen LogP contribution < -0.4 is 11.1 Å². The first-order valence-corrected chi connectivity index (χ1v) is 4.81. The van der Waals surface area contributed by atoms with Crippen molar-refractivity contribution in [3.8, 4) is 0 Å². The van der Waals surface area contributed by atoms with E-state index in [-0.39, 0.29) is 5.82 Å². The molecule has 14 heavy (non-hydrogen) atoms. The molecule has 1 rings (SSSR count). The van der Waals surface area contributed by atoms with Gasteiger partial charge in [0.15, 0.2) is 0 Å². The predicted molar refractivity (Wildman–Crippen MR) is 56.4 cm³/mol. The number of rotatable bonds is 3. The van der Waals surface area contributed by atoms with Gasteiger partial charge in [-0.2, -0.15) is 0 Å². The van der Waals surface area contributed by atoms with Crippen molar-refractivity contribution in [3.63, 3.8) is 0 Å². The highest BCUT2D eigenvalue weighted by molar-refractivity contribution is 9.10. The maximum Gasteiger partial charge on any atom is 0.239 e. The SMILES string of the molecule is CC(Nc1ccc(Br)c(F)c1)C(N)=O. The van der Waals surface area contributed by atoms with Crippen LogP contribution in [0.25, 0.3) is 0 Å². The molecule has 0 saturated carbocycles. The van der Waals surface area contributed by atoms with Crippen molar-refractivity contribution in [2.45, 2.75) is 13.0 Å². The zero-order valence-corrected chi connectivity index (χ0v) is 9.14. The number of benzene rings is 1. The molecule has 0 aromatic heterocycles. The fourth-order valence-corrected chi connectivity index (χ4v) is 1.15. The number of anilines is 1. The van der Waals surface area contributed by atoms with Gasteiger partial charge in [-0.15, -0.1) is 0 Å². The summed E-state index contributed by atoms with van der Waals surface area (Å²) in [6, 6.07) is 4.00. The van der Waals surface area contributed by atoms with E-state index in [4.69, 9.17) is 5.73 Å². The molecule has 0 bridgehead atoms. The Kier molecular flexibility index (Phi) is 3.46. The van der Waals surface area contributed by atoms with Crippen LogP contribution in [0.4, 0.5) is 10.1 Å². The lowest BCUT2D eigenvalue weighted by Crippen LogP contribution is -2.32. The van der Waals surface area contributed by atoms with Crippen molar-refractivity contribution >= 4 is 27.5 Å². The van der Waals surface area contributed by atoms with Gasteiger partial charge in [0.2, 0.25) is 5.91 Å². The fraction of sp³-hybridized carbons (Fsp3) is 0.222. The highest BCUT2D eigenvalue weighted by atomic mass is 79.9. The molecule has 3 nitrogen and oxygen atoms in total. The molecule has 1 aromatic carbocycles. The smallest absolute Gasteiger partial charge is 0.239 e. The third-order valence-electron chi connectivity index (χ3n) is 1.73. The Morgan fingerprint density at radius 1 is 1.64 bits per heavy atom. The largest absolute Gasteiger partial charge is 0.374 e. The van der Waals surface area contributed by atoms with Crippen LogP contribution in [0, 0.1) is 5.82 Å². The second-order valence-corrected chi connectivity index (χ2v) is 3.75. The van der Waals surface area contributed by atoms with E-state index in [9.17, 15) is 9.18 Å². The summed E-state index contributed by atoms with van der Waals surface area (Å²) in [5, 5.41) is 2.77. The maximum absolute atomic E-state index is 13.0. The Hall–Kier alpha value is -1.10. The monoisotopic (exact) mass is 260 g/mol. The van der Waals surface area contributed by atoms with Gasteiger partial charge in [0.25, 0.3) is 0 Å². The second kappa shape index (κ2) is 4.41. The van der Waals surface area contributed by atoms with Crippen molar-refractivity contribution in [3.05, 3.63) is 28.5 Å². The lowest BCUT2D eigenvalue weighted by molar-refractivity contribution is -0.118. The van der Waals surface area contributed by atoms with E-state index in [2.05, 4.69) is 21.2 Å². The Labute approximate surface area is 89.6 Å². The van der Waals surface area contributed by atoms with E-state index in [1.165, 1.54) is 6.07 Å². The fourth-order valence-electron chi connectivity index (χ4n) is 0.907. The zero-order chi connectivity index (χ0) is 10.7. The molecule has 0 spiro atoms. The Bertz CT molecular complexity index is 357. The van der Waals surface area contributed by atoms with Crippen LogP contribution in [0.5, 0.6) is 0 Å². The molecule has 0 aliphatic rings. The van der Waals surface area contributed by atoms with Crippen molar-refractivity contribution in [1.29, 1.82) is 0 Å². The molecule has 3 N–H and O–H groups in total. The third-order valence-corrected chi connectivity index (χ3v) is 2.37. The molecule has 0 saturated heterocycles. The van der Waals surface area contributed by atoms with Crippen LogP contribution in [-0.4, -0.2) is 11.9 Å². The van der Waals surface area contributed by atoms with Crippen molar-refractivity contribution < 1.29 is 9.18 Å². The molecular weight excluding hydrogens is 251 g/mol. The number of halogens is 2. The highest BCUT2D eigenvalue weighted by Crippen LogP contribution is 2.19. The summed E-state index contributed by atoms with van der Waals surface area (Å²) in [5.41, 5.74) is 5.57. The number of carbonyl (C=O) groups excluding carboxylic acids is 1. The van der Waals surface area contributed by atoms with Gasteiger partial charge >= 0.3 is 0 Å². The van der Waals surface area contributed by atoms with E-state index in [1.54, 1.807) is 19.1 Å². The summed E-state index contributed by atoms with van der Waals surface area (Å²) in [6.45, 7) is 1.61. The maximum atomic E-state index is 13.0. The summed E-state index contributed by atoms with van der Waals surface area (Å²) < 4.78 is 13.4. The van der Waals surface area contributed by atoms with Crippen LogP contribution in [0.2, 0.25) is 0 Å². The first kappa shape index (κ1) is 11.0. The molecule has 1 unspecified atom stereocenters. The van der Waals surface area contributed by atoms with E-state index in [1.807, 2.05) is 0 Å². The Morgan fingerprint density at radius 2 is 2.29 bits per heavy atom. The van der Waals surface area contributed by atoms with Gasteiger partial charge in [0.05, 0.1) is 4.47 Å². The molecular formula is C9H10BrFN2O. The molecule has 0 radical (unpaired) electrons. The first-order valence-electron chi connectivity index (χ1n) is 4.01. The van der Waals surface area contributed by atoms with Gasteiger partial charge in [-0.1, -0.05) is 0 Å². The van der Waals surface area contributed by atoms with E-state index in [0.29, 0.717) is 10.2 Å². The van der Waals surface area contributed by atoms with Crippen LogP contribution in [0.1, 0.15) is 6.92 Å². The molecule has 0 aliphatic heterocycles. The Balaban J connectivity index is 2.78. The van der Waals surface area contributed by atoms with Gasteiger partial charge in [0, 0.05) is 5.69 Å². The topological polar surface area (TPSA) is 55.1 Å². The van der Waals surface area contributed by atoms with Gasteiger partial charge in [-0.3, -0.25) is 4.79 Å². The average Bonchev–Trinajstić information content (AvgIpc) is 2.11. The number of amides is 1. The second-order valence-electron chi connectivity index (χ2n) is 2.90. The summed E-state index contributed by atoms with van der Waals surface area (Å²) >= 11 is 3.03. The minimum Gasteiger partial charge on any atom is -0.374 e. The third kappa shape index (κ3) is 2.70.